The molecule has 0 fully saturated rings. The molecule has 0 saturated heterocycles. The average molecular weight is 959 g/mol. The Hall–Kier alpha value is -0.500. The number of aliphatic hydroxyl groups is 1. The summed E-state index contributed by atoms with van der Waals surface area (Å²) < 4.78 is 23.8. The largest absolute Gasteiger partial charge is 0.472 e. The van der Waals surface area contributed by atoms with Gasteiger partial charge in [-0.05, 0) is 12.8 Å². The van der Waals surface area contributed by atoms with E-state index in [9.17, 15) is 19.4 Å². The van der Waals surface area contributed by atoms with Gasteiger partial charge >= 0.3 is 7.82 Å². The predicted molar refractivity (Wildman–Crippen MR) is 286 cm³/mol. The van der Waals surface area contributed by atoms with Crippen LogP contribution in [0.15, 0.2) is 0 Å². The van der Waals surface area contributed by atoms with Crippen LogP contribution in [0.5, 0.6) is 0 Å². The molecule has 396 valence electrons. The van der Waals surface area contributed by atoms with Gasteiger partial charge in [0.05, 0.1) is 39.9 Å². The lowest BCUT2D eigenvalue weighted by Crippen LogP contribution is -2.46. The Morgan fingerprint density at radius 3 is 1.02 bits per heavy atom. The fourth-order valence-corrected chi connectivity index (χ4v) is 9.96. The number of rotatable bonds is 55. The van der Waals surface area contributed by atoms with E-state index in [0.717, 1.165) is 38.5 Å². The van der Waals surface area contributed by atoms with Crippen molar-refractivity contribution < 1.29 is 32.9 Å². The van der Waals surface area contributed by atoms with E-state index < -0.39 is 20.0 Å². The Morgan fingerprint density at radius 1 is 0.455 bits per heavy atom. The first-order valence-corrected chi connectivity index (χ1v) is 30.9. The third kappa shape index (κ3) is 51.4. The molecule has 0 rings (SSSR count). The van der Waals surface area contributed by atoms with Gasteiger partial charge in [0.1, 0.15) is 13.2 Å². The van der Waals surface area contributed by atoms with Crippen LogP contribution in [-0.2, 0) is 18.4 Å². The third-order valence-corrected chi connectivity index (χ3v) is 14.8. The molecule has 0 aliphatic rings. The molecule has 0 radical (unpaired) electrons. The Bertz CT molecular complexity index is 1040. The number of quaternary nitrogens is 1. The molecule has 0 spiro atoms. The molecule has 9 heteroatoms. The number of phosphoric acid groups is 1. The molecule has 0 aromatic carbocycles. The quantitative estimate of drug-likeness (QED) is 0.0319. The molecule has 0 heterocycles. The van der Waals surface area contributed by atoms with E-state index in [1.165, 1.54) is 244 Å². The van der Waals surface area contributed by atoms with Gasteiger partial charge in [-0.3, -0.25) is 13.8 Å². The molecule has 1 amide bonds. The van der Waals surface area contributed by atoms with Crippen LogP contribution in [0, 0.1) is 0 Å². The van der Waals surface area contributed by atoms with Crippen molar-refractivity contribution in [2.75, 3.05) is 40.9 Å². The van der Waals surface area contributed by atoms with Crippen LogP contribution in [0.25, 0.3) is 0 Å². The minimum atomic E-state index is -4.31. The van der Waals surface area contributed by atoms with E-state index in [1.807, 2.05) is 21.1 Å². The number of carbonyl (C=O) groups excluding carboxylic acids is 1. The van der Waals surface area contributed by atoms with Crippen LogP contribution in [-0.4, -0.2) is 73.4 Å². The second kappa shape index (κ2) is 49.5. The van der Waals surface area contributed by atoms with Gasteiger partial charge in [0.25, 0.3) is 0 Å². The number of nitrogens with zero attached hydrogens (tertiary/aromatic N) is 1. The maximum absolute atomic E-state index is 13.0. The van der Waals surface area contributed by atoms with Crippen LogP contribution < -0.4 is 5.32 Å². The smallest absolute Gasteiger partial charge is 0.391 e. The third-order valence-electron chi connectivity index (χ3n) is 13.9. The van der Waals surface area contributed by atoms with Gasteiger partial charge in [-0.1, -0.05) is 290 Å². The van der Waals surface area contributed by atoms with Crippen LogP contribution in [0.2, 0.25) is 0 Å². The molecule has 0 aliphatic carbocycles. The van der Waals surface area contributed by atoms with Crippen LogP contribution in [0.3, 0.4) is 0 Å². The predicted octanol–water partition coefficient (Wildman–Crippen LogP) is 17.7. The molecule has 0 bridgehead atoms. The molecule has 0 aromatic rings. The standard InChI is InChI=1S/C57H117N2O6P/c1-6-8-10-12-14-16-18-20-22-23-24-25-26-27-28-29-30-31-32-33-34-35-36-37-39-41-43-45-47-49-51-57(61)58-55(54-65-66(62,63)64-53-52-59(3,4)5)56(60)50-48-46-44-42-40-38-21-19-17-15-13-11-9-7-2/h55-56,60H,6-54H2,1-5H3,(H-,58,61,62,63)/p+1/t55-,56+/m0/s1. The number of nitrogens with one attached hydrogen (secondary N) is 1. The summed E-state index contributed by atoms with van der Waals surface area (Å²) in [5.41, 5.74) is 0. The minimum Gasteiger partial charge on any atom is -0.391 e. The number of hydrogen-bond acceptors (Lipinski definition) is 5. The highest BCUT2D eigenvalue weighted by molar-refractivity contribution is 7.47. The fourth-order valence-electron chi connectivity index (χ4n) is 9.23. The van der Waals surface area contributed by atoms with Gasteiger partial charge in [0, 0.05) is 6.42 Å². The first-order chi connectivity index (χ1) is 32.0. The zero-order valence-electron chi connectivity index (χ0n) is 45.2. The second-order valence-electron chi connectivity index (χ2n) is 21.7. The van der Waals surface area contributed by atoms with Gasteiger partial charge in [-0.15, -0.1) is 0 Å². The lowest BCUT2D eigenvalue weighted by Gasteiger charge is -2.26. The van der Waals surface area contributed by atoms with Crippen molar-refractivity contribution in [2.24, 2.45) is 0 Å². The Balaban J connectivity index is 3.98. The molecular weight excluding hydrogens is 840 g/mol. The van der Waals surface area contributed by atoms with E-state index in [0.29, 0.717) is 23.9 Å². The number of hydrogen-bond donors (Lipinski definition) is 3. The van der Waals surface area contributed by atoms with E-state index in [-0.39, 0.29) is 19.1 Å². The molecule has 0 aromatic heterocycles. The number of unbranched alkanes of at least 4 members (excludes halogenated alkanes) is 42. The van der Waals surface area contributed by atoms with Crippen molar-refractivity contribution >= 4 is 13.7 Å². The topological polar surface area (TPSA) is 105 Å². The second-order valence-corrected chi connectivity index (χ2v) is 23.2. The van der Waals surface area contributed by atoms with Gasteiger partial charge in [-0.2, -0.15) is 0 Å². The monoisotopic (exact) mass is 958 g/mol. The molecule has 0 saturated carbocycles. The molecule has 3 atom stereocenters. The highest BCUT2D eigenvalue weighted by Gasteiger charge is 2.28. The first kappa shape index (κ1) is 65.5. The first-order valence-electron chi connectivity index (χ1n) is 29.4. The van der Waals surface area contributed by atoms with E-state index in [1.54, 1.807) is 0 Å². The van der Waals surface area contributed by atoms with Gasteiger partial charge in [0.15, 0.2) is 0 Å². The van der Waals surface area contributed by atoms with Crippen molar-refractivity contribution in [3.63, 3.8) is 0 Å². The Labute approximate surface area is 412 Å². The average Bonchev–Trinajstić information content (AvgIpc) is 3.28. The van der Waals surface area contributed by atoms with Gasteiger partial charge < -0.3 is 19.8 Å². The van der Waals surface area contributed by atoms with E-state index in [2.05, 4.69) is 19.2 Å². The van der Waals surface area contributed by atoms with Crippen molar-refractivity contribution in [3.05, 3.63) is 0 Å². The molecule has 8 nitrogen and oxygen atoms in total. The van der Waals surface area contributed by atoms with Crippen molar-refractivity contribution in [2.45, 2.75) is 321 Å². The van der Waals surface area contributed by atoms with Crippen molar-refractivity contribution in [1.82, 2.24) is 5.32 Å². The summed E-state index contributed by atoms with van der Waals surface area (Å²) >= 11 is 0. The summed E-state index contributed by atoms with van der Waals surface area (Å²) in [5.74, 6) is -0.137. The molecule has 66 heavy (non-hydrogen) atoms. The van der Waals surface area contributed by atoms with Crippen LogP contribution in [0.4, 0.5) is 0 Å². The zero-order chi connectivity index (χ0) is 48.5. The summed E-state index contributed by atoms with van der Waals surface area (Å²) in [5, 5.41) is 14.0. The summed E-state index contributed by atoms with van der Waals surface area (Å²) in [4.78, 5) is 23.3. The maximum atomic E-state index is 13.0. The molecule has 1 unspecified atom stereocenters. The van der Waals surface area contributed by atoms with Crippen molar-refractivity contribution in [1.29, 1.82) is 0 Å². The normalized spacial score (nSPS) is 13.9. The molecular formula is C57H118N2O6P+. The zero-order valence-corrected chi connectivity index (χ0v) is 46.1. The number of phosphoric ester groups is 1. The van der Waals surface area contributed by atoms with Gasteiger partial charge in [-0.25, -0.2) is 4.57 Å². The van der Waals surface area contributed by atoms with E-state index >= 15 is 0 Å². The lowest BCUT2D eigenvalue weighted by molar-refractivity contribution is -0.870. The molecule has 3 N–H and O–H groups in total. The summed E-state index contributed by atoms with van der Waals surface area (Å²) in [7, 11) is 1.64. The summed E-state index contributed by atoms with van der Waals surface area (Å²) in [6.07, 6.45) is 58.9. The number of amides is 1. The van der Waals surface area contributed by atoms with Gasteiger partial charge in [0.2, 0.25) is 5.91 Å². The maximum Gasteiger partial charge on any atom is 0.472 e. The number of carbonyl (C=O) groups is 1. The fraction of sp³-hybridized carbons (Fsp3) is 0.982. The number of aliphatic hydroxyl groups excluding tert-OH is 1. The van der Waals surface area contributed by atoms with Crippen LogP contribution in [0.1, 0.15) is 309 Å². The minimum absolute atomic E-state index is 0.0790. The lowest BCUT2D eigenvalue weighted by atomic mass is 10.0. The number of likely N-dealkylation sites (N-methyl/N-ethyl adjacent to an activating group) is 1. The summed E-state index contributed by atoms with van der Waals surface area (Å²) in [6, 6.07) is -0.754. The summed E-state index contributed by atoms with van der Waals surface area (Å²) in [6.45, 7) is 4.94. The SMILES string of the molecule is CCCCCCCCCCCCCCCCCCCCCCCCCCCCCCCCC(=O)N[C@@H](COP(=O)(O)OCC[N+](C)(C)C)[C@H](O)CCCCCCCCCCCCCCCC. The van der Waals surface area contributed by atoms with Crippen molar-refractivity contribution in [3.8, 4) is 0 Å². The van der Waals surface area contributed by atoms with Crippen LogP contribution >= 0.6 is 7.82 Å². The highest BCUT2D eigenvalue weighted by Crippen LogP contribution is 2.43. The Kier molecular flexibility index (Phi) is 49.1. The Morgan fingerprint density at radius 2 is 0.727 bits per heavy atom. The molecule has 0 aliphatic heterocycles. The highest BCUT2D eigenvalue weighted by atomic mass is 31.2. The van der Waals surface area contributed by atoms with E-state index in [4.69, 9.17) is 9.05 Å².